The number of nitrogens with one attached hydrogen (secondary N) is 1. The van der Waals surface area contributed by atoms with Crippen LogP contribution >= 0.6 is 0 Å². The van der Waals surface area contributed by atoms with Gasteiger partial charge in [0.2, 0.25) is 0 Å². The summed E-state index contributed by atoms with van der Waals surface area (Å²) in [5.74, 6) is -0.309. The van der Waals surface area contributed by atoms with Crippen molar-refractivity contribution >= 4 is 12.0 Å². The second-order valence-electron chi connectivity index (χ2n) is 5.59. The Labute approximate surface area is 125 Å². The van der Waals surface area contributed by atoms with Gasteiger partial charge < -0.3 is 15.3 Å². The summed E-state index contributed by atoms with van der Waals surface area (Å²) in [5.41, 5.74) is 1.06. The highest BCUT2D eigenvalue weighted by atomic mass is 16.4. The lowest BCUT2D eigenvalue weighted by molar-refractivity contribution is 0.0695. The predicted octanol–water partition coefficient (Wildman–Crippen LogP) is 2.37. The Morgan fingerprint density at radius 2 is 2.10 bits per heavy atom. The summed E-state index contributed by atoms with van der Waals surface area (Å²) in [4.78, 5) is 24.7. The van der Waals surface area contributed by atoms with Crippen LogP contribution in [0.3, 0.4) is 0 Å². The van der Waals surface area contributed by atoms with Crippen molar-refractivity contribution in [2.24, 2.45) is 5.92 Å². The zero-order chi connectivity index (χ0) is 15.4. The molecule has 1 aliphatic rings. The summed E-state index contributed by atoms with van der Waals surface area (Å²) in [5, 5.41) is 12.1. The average molecular weight is 290 g/mol. The van der Waals surface area contributed by atoms with Crippen molar-refractivity contribution in [3.8, 4) is 0 Å². The number of aromatic carboxylic acids is 1. The summed E-state index contributed by atoms with van der Waals surface area (Å²) in [6.45, 7) is 2.63. The number of amides is 2. The van der Waals surface area contributed by atoms with Crippen LogP contribution in [0.1, 0.15) is 35.7 Å². The number of hydrogen-bond acceptors (Lipinski definition) is 2. The molecule has 2 rings (SSSR count). The van der Waals surface area contributed by atoms with Crippen molar-refractivity contribution < 1.29 is 14.7 Å². The molecule has 2 unspecified atom stereocenters. The lowest BCUT2D eigenvalue weighted by Gasteiger charge is -2.18. The van der Waals surface area contributed by atoms with Crippen LogP contribution in [0, 0.1) is 5.92 Å². The molecule has 0 aliphatic heterocycles. The Morgan fingerprint density at radius 3 is 2.71 bits per heavy atom. The van der Waals surface area contributed by atoms with Crippen LogP contribution in [0.4, 0.5) is 4.79 Å². The monoisotopic (exact) mass is 290 g/mol. The summed E-state index contributed by atoms with van der Waals surface area (Å²) in [6, 6.07) is 7.15. The summed E-state index contributed by atoms with van der Waals surface area (Å²) < 4.78 is 0. The Hall–Kier alpha value is -2.04. The van der Waals surface area contributed by atoms with Gasteiger partial charge in [-0.25, -0.2) is 9.59 Å². The van der Waals surface area contributed by atoms with Crippen LogP contribution in [-0.4, -0.2) is 41.6 Å². The normalized spacial score (nSPS) is 19.9. The maximum Gasteiger partial charge on any atom is 0.335 e. The number of carbonyl (C=O) groups excluding carboxylic acids is 1. The fourth-order valence-corrected chi connectivity index (χ4v) is 2.48. The first kappa shape index (κ1) is 15.4. The van der Waals surface area contributed by atoms with E-state index in [1.54, 1.807) is 30.1 Å². The SMILES string of the molecule is CCC1CC1NC(=O)N(C)CCc1ccccc1C(=O)O. The number of urea groups is 1. The van der Waals surface area contributed by atoms with Crippen LogP contribution in [0.25, 0.3) is 0 Å². The van der Waals surface area contributed by atoms with Crippen LogP contribution in [0.2, 0.25) is 0 Å². The van der Waals surface area contributed by atoms with Gasteiger partial charge >= 0.3 is 12.0 Å². The van der Waals surface area contributed by atoms with Crippen LogP contribution in [0.15, 0.2) is 24.3 Å². The van der Waals surface area contributed by atoms with E-state index in [-0.39, 0.29) is 6.03 Å². The molecule has 1 aliphatic carbocycles. The molecule has 0 saturated heterocycles. The number of likely N-dealkylation sites (N-methyl/N-ethyl adjacent to an activating group) is 1. The van der Waals surface area contributed by atoms with Crippen molar-refractivity contribution in [1.82, 2.24) is 10.2 Å². The maximum absolute atomic E-state index is 12.0. The Morgan fingerprint density at radius 1 is 1.38 bits per heavy atom. The van der Waals surface area contributed by atoms with Crippen LogP contribution in [-0.2, 0) is 6.42 Å². The quantitative estimate of drug-likeness (QED) is 0.845. The number of carbonyl (C=O) groups is 2. The van der Waals surface area contributed by atoms with Crippen LogP contribution in [0.5, 0.6) is 0 Å². The molecule has 21 heavy (non-hydrogen) atoms. The standard InChI is InChI=1S/C16H22N2O3/c1-3-11-10-14(11)17-16(21)18(2)9-8-12-6-4-5-7-13(12)15(19)20/h4-7,11,14H,3,8-10H2,1-2H3,(H,17,21)(H,19,20). The fraction of sp³-hybridized carbons (Fsp3) is 0.500. The third-order valence-corrected chi connectivity index (χ3v) is 4.07. The van der Waals surface area contributed by atoms with Crippen LogP contribution < -0.4 is 5.32 Å². The van der Waals surface area contributed by atoms with Gasteiger partial charge in [-0.1, -0.05) is 31.5 Å². The topological polar surface area (TPSA) is 69.6 Å². The second kappa shape index (κ2) is 6.61. The van der Waals surface area contributed by atoms with Crippen molar-refractivity contribution in [2.75, 3.05) is 13.6 Å². The van der Waals surface area contributed by atoms with E-state index in [1.807, 2.05) is 6.07 Å². The van der Waals surface area contributed by atoms with E-state index in [1.165, 1.54) is 0 Å². The first-order chi connectivity index (χ1) is 10.0. The number of benzene rings is 1. The summed E-state index contributed by atoms with van der Waals surface area (Å²) in [7, 11) is 1.74. The smallest absolute Gasteiger partial charge is 0.335 e. The third kappa shape index (κ3) is 3.97. The molecule has 0 aromatic heterocycles. The molecule has 2 N–H and O–H groups in total. The summed E-state index contributed by atoms with van der Waals surface area (Å²) >= 11 is 0. The van der Waals surface area contributed by atoms with E-state index in [0.717, 1.165) is 18.4 Å². The lowest BCUT2D eigenvalue weighted by atomic mass is 10.0. The molecule has 0 spiro atoms. The molecule has 0 heterocycles. The molecule has 0 radical (unpaired) electrons. The van der Waals surface area contributed by atoms with Crippen molar-refractivity contribution in [1.29, 1.82) is 0 Å². The highest BCUT2D eigenvalue weighted by Gasteiger charge is 2.36. The lowest BCUT2D eigenvalue weighted by Crippen LogP contribution is -2.40. The van der Waals surface area contributed by atoms with Crippen molar-refractivity contribution in [3.63, 3.8) is 0 Å². The van der Waals surface area contributed by atoms with Gasteiger partial charge in [-0.2, -0.15) is 0 Å². The first-order valence-corrected chi connectivity index (χ1v) is 7.35. The highest BCUT2D eigenvalue weighted by molar-refractivity contribution is 5.89. The number of hydrogen-bond donors (Lipinski definition) is 2. The third-order valence-electron chi connectivity index (χ3n) is 4.07. The zero-order valence-corrected chi connectivity index (χ0v) is 12.5. The fourth-order valence-electron chi connectivity index (χ4n) is 2.48. The molecular weight excluding hydrogens is 268 g/mol. The van der Waals surface area contributed by atoms with Crippen molar-refractivity contribution in [2.45, 2.75) is 32.2 Å². The molecule has 0 bridgehead atoms. The summed E-state index contributed by atoms with van der Waals surface area (Å²) in [6.07, 6.45) is 2.70. The van der Waals surface area contributed by atoms with E-state index >= 15 is 0 Å². The molecule has 5 heteroatoms. The molecule has 1 aromatic carbocycles. The minimum Gasteiger partial charge on any atom is -0.478 e. The number of nitrogens with zero attached hydrogens (tertiary/aromatic N) is 1. The van der Waals surface area contributed by atoms with Gasteiger partial charge in [0.25, 0.3) is 0 Å². The van der Waals surface area contributed by atoms with Gasteiger partial charge in [-0.05, 0) is 30.4 Å². The number of carboxylic acid groups (broad SMARTS) is 1. The van der Waals surface area contributed by atoms with Gasteiger partial charge in [0.05, 0.1) is 5.56 Å². The predicted molar refractivity (Wildman–Crippen MR) is 80.5 cm³/mol. The molecule has 1 aromatic rings. The van der Waals surface area contributed by atoms with E-state index in [2.05, 4.69) is 12.2 Å². The molecule has 114 valence electrons. The van der Waals surface area contributed by atoms with E-state index in [4.69, 9.17) is 5.11 Å². The molecule has 1 saturated carbocycles. The van der Waals surface area contributed by atoms with Crippen molar-refractivity contribution in [3.05, 3.63) is 35.4 Å². The highest BCUT2D eigenvalue weighted by Crippen LogP contribution is 2.33. The molecule has 2 atom stereocenters. The van der Waals surface area contributed by atoms with Gasteiger partial charge in [-0.15, -0.1) is 0 Å². The zero-order valence-electron chi connectivity index (χ0n) is 12.5. The first-order valence-electron chi connectivity index (χ1n) is 7.35. The van der Waals surface area contributed by atoms with Gasteiger partial charge in [0.1, 0.15) is 0 Å². The van der Waals surface area contributed by atoms with Gasteiger partial charge in [0, 0.05) is 19.6 Å². The molecule has 2 amide bonds. The maximum atomic E-state index is 12.0. The Balaban J connectivity index is 1.85. The van der Waals surface area contributed by atoms with Gasteiger partial charge in [0.15, 0.2) is 0 Å². The number of carboxylic acids is 1. The van der Waals surface area contributed by atoms with E-state index < -0.39 is 5.97 Å². The number of rotatable bonds is 6. The minimum atomic E-state index is -0.929. The second-order valence-corrected chi connectivity index (χ2v) is 5.59. The van der Waals surface area contributed by atoms with E-state index in [0.29, 0.717) is 30.5 Å². The minimum absolute atomic E-state index is 0.0799. The Bertz CT molecular complexity index is 530. The van der Waals surface area contributed by atoms with E-state index in [9.17, 15) is 9.59 Å². The molecule has 5 nitrogen and oxygen atoms in total. The average Bonchev–Trinajstić information content (AvgIpc) is 3.23. The molecule has 1 fully saturated rings. The Kier molecular flexibility index (Phi) is 4.83. The molecular formula is C16H22N2O3. The largest absolute Gasteiger partial charge is 0.478 e. The van der Waals surface area contributed by atoms with Gasteiger partial charge in [-0.3, -0.25) is 0 Å².